The van der Waals surface area contributed by atoms with E-state index in [0.717, 1.165) is 22.5 Å². The van der Waals surface area contributed by atoms with E-state index < -0.39 is 10.8 Å². The van der Waals surface area contributed by atoms with Crippen molar-refractivity contribution in [1.82, 2.24) is 4.98 Å². The molecule has 0 bridgehead atoms. The van der Waals surface area contributed by atoms with Crippen molar-refractivity contribution < 1.29 is 9.47 Å². The fourth-order valence-corrected chi connectivity index (χ4v) is 12.3. The van der Waals surface area contributed by atoms with Crippen molar-refractivity contribution in [1.29, 1.82) is 0 Å². The van der Waals surface area contributed by atoms with Crippen molar-refractivity contribution >= 4 is 0 Å². The van der Waals surface area contributed by atoms with Crippen LogP contribution in [0.1, 0.15) is 225 Å². The average molecular weight is 1140 g/mol. The molecule has 86 heavy (non-hydrogen) atoms. The number of nitrogens with zero attached hydrogens (tertiary/aromatic N) is 1. The minimum absolute atomic E-state index is 0.0308. The molecule has 0 aliphatic rings. The third-order valence-corrected chi connectivity index (χ3v) is 17.8. The number of benzene rings is 8. The lowest BCUT2D eigenvalue weighted by atomic mass is 9.64. The van der Waals surface area contributed by atoms with Crippen molar-refractivity contribution in [2.45, 2.75) is 194 Å². The van der Waals surface area contributed by atoms with Crippen LogP contribution in [-0.4, -0.2) is 4.98 Å². The van der Waals surface area contributed by atoms with Crippen molar-refractivity contribution in [2.24, 2.45) is 0 Å². The van der Waals surface area contributed by atoms with Crippen LogP contribution in [0.25, 0.3) is 0 Å². The van der Waals surface area contributed by atoms with E-state index in [1.807, 2.05) is 12.1 Å². The SMILES string of the molecule is CC(C)(C)c1ccc(C(c2ccc(COCc3cccc(COCc4ccc(C(c5ccc(C(C)(C)C)cc5)(c5ccc(C(C)(C)C)cc5)c5ccc(C(C)(C)C)cc5)cc4)n3)cc2)(c2ccc(C(C)(C)C)cc2)c2ccc(C(C)(C)C)cc2)cc1. The number of hydrogen-bond donors (Lipinski definition) is 0. The number of aromatic nitrogens is 1. The highest BCUT2D eigenvalue weighted by Gasteiger charge is 2.41. The molecule has 1 heterocycles. The molecule has 0 aliphatic carbocycles. The van der Waals surface area contributed by atoms with E-state index >= 15 is 0 Å². The first kappa shape index (κ1) is 63.3. The van der Waals surface area contributed by atoms with Gasteiger partial charge in [-0.1, -0.05) is 325 Å². The van der Waals surface area contributed by atoms with Gasteiger partial charge < -0.3 is 9.47 Å². The zero-order valence-electron chi connectivity index (χ0n) is 55.3. The Labute approximate surface area is 518 Å². The Morgan fingerprint density at radius 3 is 0.547 bits per heavy atom. The molecule has 1 aromatic heterocycles. The summed E-state index contributed by atoms with van der Waals surface area (Å²) < 4.78 is 12.9. The van der Waals surface area contributed by atoms with Gasteiger partial charge in [0, 0.05) is 0 Å². The predicted octanol–water partition coefficient (Wildman–Crippen LogP) is 21.1. The predicted molar refractivity (Wildman–Crippen MR) is 363 cm³/mol. The van der Waals surface area contributed by atoms with E-state index in [2.05, 4.69) is 325 Å². The number of ether oxygens (including phenoxy) is 2. The lowest BCUT2D eigenvalue weighted by Crippen LogP contribution is -2.31. The second-order valence-corrected chi connectivity index (χ2v) is 30.5. The van der Waals surface area contributed by atoms with E-state index in [9.17, 15) is 0 Å². The summed E-state index contributed by atoms with van der Waals surface area (Å²) in [5.41, 5.74) is 20.7. The maximum absolute atomic E-state index is 6.44. The molecular weight excluding hydrogens is 1040 g/mol. The van der Waals surface area contributed by atoms with E-state index in [1.165, 1.54) is 77.9 Å². The summed E-state index contributed by atoms with van der Waals surface area (Å²) in [5, 5.41) is 0. The van der Waals surface area contributed by atoms with E-state index in [1.54, 1.807) is 0 Å². The highest BCUT2D eigenvalue weighted by molar-refractivity contribution is 5.63. The molecule has 0 aliphatic heterocycles. The number of pyridine rings is 1. The first-order valence-electron chi connectivity index (χ1n) is 31.3. The molecule has 9 rings (SSSR count). The highest BCUT2D eigenvalue weighted by atomic mass is 16.5. The van der Waals surface area contributed by atoms with Gasteiger partial charge in [-0.2, -0.15) is 0 Å². The normalized spacial score (nSPS) is 13.0. The monoisotopic (exact) mass is 1140 g/mol. The minimum Gasteiger partial charge on any atom is -0.370 e. The Balaban J connectivity index is 0.937. The number of rotatable bonds is 16. The van der Waals surface area contributed by atoms with Crippen LogP contribution in [0.15, 0.2) is 212 Å². The molecule has 0 spiro atoms. The van der Waals surface area contributed by atoms with Crippen LogP contribution in [0.4, 0.5) is 0 Å². The van der Waals surface area contributed by atoms with Crippen LogP contribution in [0.2, 0.25) is 0 Å². The lowest BCUT2D eigenvalue weighted by Gasteiger charge is -2.38. The Hall–Kier alpha value is -7.17. The molecule has 0 amide bonds. The topological polar surface area (TPSA) is 31.4 Å². The van der Waals surface area contributed by atoms with Crippen LogP contribution in [0.3, 0.4) is 0 Å². The van der Waals surface area contributed by atoms with Gasteiger partial charge in [0.2, 0.25) is 0 Å². The molecule has 9 aromatic rings. The van der Waals surface area contributed by atoms with E-state index in [0.29, 0.717) is 26.4 Å². The molecule has 3 heteroatoms. The molecule has 0 fully saturated rings. The Kier molecular flexibility index (Phi) is 18.1. The van der Waals surface area contributed by atoms with Crippen LogP contribution < -0.4 is 0 Å². The Morgan fingerprint density at radius 2 is 0.372 bits per heavy atom. The second-order valence-electron chi connectivity index (χ2n) is 30.5. The van der Waals surface area contributed by atoms with Gasteiger partial charge in [0.05, 0.1) is 48.6 Å². The molecule has 446 valence electrons. The summed E-state index contributed by atoms with van der Waals surface area (Å²) in [6, 6.07) is 80.5. The molecule has 0 atom stereocenters. The molecule has 3 nitrogen and oxygen atoms in total. The smallest absolute Gasteiger partial charge is 0.0892 e. The first-order valence-corrected chi connectivity index (χ1v) is 31.3. The Morgan fingerprint density at radius 1 is 0.209 bits per heavy atom. The van der Waals surface area contributed by atoms with Crippen molar-refractivity contribution in [3.8, 4) is 0 Å². The maximum Gasteiger partial charge on any atom is 0.0892 e. The molecule has 0 saturated carbocycles. The molecule has 0 N–H and O–H groups in total. The summed E-state index contributed by atoms with van der Waals surface area (Å²) in [6.07, 6.45) is 0. The Bertz CT molecular complexity index is 3130. The van der Waals surface area contributed by atoms with Gasteiger partial charge in [-0.05, 0) is 134 Å². The van der Waals surface area contributed by atoms with Crippen molar-refractivity contribution in [3.05, 3.63) is 313 Å². The highest BCUT2D eigenvalue weighted by Crippen LogP contribution is 2.49. The van der Waals surface area contributed by atoms with Gasteiger partial charge in [-0.3, -0.25) is 4.98 Å². The maximum atomic E-state index is 6.44. The van der Waals surface area contributed by atoms with Crippen molar-refractivity contribution in [2.75, 3.05) is 0 Å². The van der Waals surface area contributed by atoms with Crippen molar-refractivity contribution in [3.63, 3.8) is 0 Å². The van der Waals surface area contributed by atoms with Crippen LogP contribution in [0.5, 0.6) is 0 Å². The summed E-state index contributed by atoms with van der Waals surface area (Å²) in [7, 11) is 0. The quantitative estimate of drug-likeness (QED) is 0.0904. The molecular formula is C83H97NO2. The largest absolute Gasteiger partial charge is 0.370 e. The van der Waals surface area contributed by atoms with Crippen LogP contribution in [0, 0.1) is 0 Å². The fourth-order valence-electron chi connectivity index (χ4n) is 12.3. The van der Waals surface area contributed by atoms with Crippen LogP contribution >= 0.6 is 0 Å². The van der Waals surface area contributed by atoms with Gasteiger partial charge in [-0.15, -0.1) is 0 Å². The standard InChI is InChI=1S/C83H97NO2/c1-76(2,3)60-30-42-68(43-31-60)82(69-44-32-61(33-45-69)77(4,5)6,70-46-34-62(35-47-70)78(7,8)9)66-26-22-58(23-27-66)54-85-56-74-20-19-21-75(84-74)57-86-55-59-24-28-67(29-25-59)83(71-48-36-63(37-49-71)79(10,11)12,72-50-38-64(39-51-72)80(13,14)15)73-52-40-65(41-53-73)81(16,17)18/h19-53H,54-57H2,1-18H3. The summed E-state index contributed by atoms with van der Waals surface area (Å²) in [4.78, 5) is 5.01. The number of hydrogen-bond acceptors (Lipinski definition) is 3. The lowest BCUT2D eigenvalue weighted by molar-refractivity contribution is 0.0980. The zero-order valence-corrected chi connectivity index (χ0v) is 55.3. The molecule has 8 aromatic carbocycles. The third kappa shape index (κ3) is 13.8. The van der Waals surface area contributed by atoms with Gasteiger partial charge in [0.1, 0.15) is 0 Å². The molecule has 0 unspecified atom stereocenters. The summed E-state index contributed by atoms with van der Waals surface area (Å²) in [5.74, 6) is 0. The molecule has 0 radical (unpaired) electrons. The summed E-state index contributed by atoms with van der Waals surface area (Å²) >= 11 is 0. The van der Waals surface area contributed by atoms with E-state index in [4.69, 9.17) is 14.5 Å². The van der Waals surface area contributed by atoms with Gasteiger partial charge in [0.15, 0.2) is 0 Å². The fraction of sp³-hybridized carbons (Fsp3) is 0.361. The first-order chi connectivity index (χ1) is 40.4. The van der Waals surface area contributed by atoms with Gasteiger partial charge in [0.25, 0.3) is 0 Å². The average Bonchev–Trinajstić information content (AvgIpc) is 1.13. The third-order valence-electron chi connectivity index (χ3n) is 17.8. The zero-order chi connectivity index (χ0) is 62.1. The van der Waals surface area contributed by atoms with Gasteiger partial charge in [-0.25, -0.2) is 0 Å². The van der Waals surface area contributed by atoms with E-state index in [-0.39, 0.29) is 32.5 Å². The minimum atomic E-state index is -0.581. The van der Waals surface area contributed by atoms with Gasteiger partial charge >= 0.3 is 0 Å². The summed E-state index contributed by atoms with van der Waals surface area (Å²) in [6.45, 7) is 42.8. The second kappa shape index (κ2) is 24.5. The molecule has 0 saturated heterocycles. The van der Waals surface area contributed by atoms with Crippen LogP contribution in [-0.2, 0) is 79.2 Å².